The second-order valence-electron chi connectivity index (χ2n) is 7.34. The first-order chi connectivity index (χ1) is 16.9. The minimum atomic E-state index is -2.26. The van der Waals surface area contributed by atoms with E-state index in [1.807, 2.05) is 0 Å². The first-order valence-corrected chi connectivity index (χ1v) is 11.7. The normalized spacial score (nSPS) is 21.1. The summed E-state index contributed by atoms with van der Waals surface area (Å²) in [6.45, 7) is 1.90. The predicted octanol–water partition coefficient (Wildman–Crippen LogP) is -1.41. The Morgan fingerprint density at radius 2 is 2.03 bits per heavy atom. The second kappa shape index (κ2) is 10.5. The van der Waals surface area contributed by atoms with Crippen LogP contribution in [0, 0.1) is 0 Å². The average molecular weight is 545 g/mol. The van der Waals surface area contributed by atoms with Crippen LogP contribution in [0.4, 0.5) is 5.13 Å². The van der Waals surface area contributed by atoms with Crippen molar-refractivity contribution in [2.45, 2.75) is 31.1 Å². The molecule has 18 heteroatoms. The van der Waals surface area contributed by atoms with E-state index >= 15 is 0 Å². The molecule has 16 nitrogen and oxygen atoms in total. The molecule has 0 bridgehead atoms. The monoisotopic (exact) mass is 544 g/mol. The van der Waals surface area contributed by atoms with E-state index in [-0.39, 0.29) is 34.6 Å². The molecule has 2 aliphatic rings. The number of carbonyl (C=O) groups excluding carboxylic acids is 3. The summed E-state index contributed by atoms with van der Waals surface area (Å²) in [5, 5.41) is 24.1. The zero-order valence-electron chi connectivity index (χ0n) is 18.9. The Hall–Kier alpha value is -3.77. The molecular formula is C18H20N6O10S2. The Morgan fingerprint density at radius 3 is 2.56 bits per heavy atom. The number of hydrogen-bond donors (Lipinski definition) is 4. The van der Waals surface area contributed by atoms with Gasteiger partial charge in [0.2, 0.25) is 11.5 Å². The van der Waals surface area contributed by atoms with E-state index < -0.39 is 52.6 Å². The summed E-state index contributed by atoms with van der Waals surface area (Å²) >= 11 is 1.87. The number of hydrogen-bond acceptors (Lipinski definition) is 14. The number of carbonyl (C=O) groups is 5. The topological polar surface area (TPSA) is 233 Å². The van der Waals surface area contributed by atoms with Crippen LogP contribution in [0.5, 0.6) is 0 Å². The molecule has 5 N–H and O–H groups in total. The van der Waals surface area contributed by atoms with Crippen LogP contribution in [0.25, 0.3) is 0 Å². The van der Waals surface area contributed by atoms with E-state index in [0.29, 0.717) is 0 Å². The van der Waals surface area contributed by atoms with Crippen LogP contribution in [0.1, 0.15) is 19.7 Å². The van der Waals surface area contributed by atoms with Crippen LogP contribution in [-0.2, 0) is 38.3 Å². The number of carboxylic acids is 2. The first-order valence-electron chi connectivity index (χ1n) is 9.88. The number of aromatic nitrogens is 2. The zero-order chi connectivity index (χ0) is 26.8. The molecule has 0 aliphatic carbocycles. The van der Waals surface area contributed by atoms with Gasteiger partial charge in [-0.2, -0.15) is 9.36 Å². The fourth-order valence-electron chi connectivity index (χ4n) is 3.00. The van der Waals surface area contributed by atoms with Crippen LogP contribution in [0.2, 0.25) is 0 Å². The number of nitrogens with two attached hydrogens (primary N) is 1. The predicted molar refractivity (Wildman–Crippen MR) is 121 cm³/mol. The average Bonchev–Trinajstić information content (AvgIpc) is 3.25. The molecule has 1 saturated heterocycles. The lowest BCUT2D eigenvalue weighted by Crippen LogP contribution is -2.71. The van der Waals surface area contributed by atoms with E-state index in [4.69, 9.17) is 20.0 Å². The maximum absolute atomic E-state index is 13.0. The highest BCUT2D eigenvalue weighted by molar-refractivity contribution is 8.00. The molecule has 3 rings (SSSR count). The van der Waals surface area contributed by atoms with E-state index in [1.165, 1.54) is 6.92 Å². The summed E-state index contributed by atoms with van der Waals surface area (Å²) in [6.07, 6.45) is 0. The van der Waals surface area contributed by atoms with Crippen molar-refractivity contribution in [3.8, 4) is 0 Å². The van der Waals surface area contributed by atoms with Crippen LogP contribution < -0.4 is 11.1 Å². The van der Waals surface area contributed by atoms with Crippen molar-refractivity contribution >= 4 is 63.9 Å². The maximum Gasteiger partial charge on any atom is 0.379 e. The third-order valence-electron chi connectivity index (χ3n) is 4.94. The fraction of sp³-hybridized carbons (Fsp3) is 0.444. The second-order valence-corrected chi connectivity index (χ2v) is 9.23. The van der Waals surface area contributed by atoms with Crippen molar-refractivity contribution in [2.75, 3.05) is 25.2 Å². The van der Waals surface area contributed by atoms with Crippen molar-refractivity contribution in [1.29, 1.82) is 0 Å². The number of fused-ring (bicyclic) bond motifs is 1. The first kappa shape index (κ1) is 26.8. The summed E-state index contributed by atoms with van der Waals surface area (Å²) in [4.78, 5) is 69.9. The van der Waals surface area contributed by atoms with Gasteiger partial charge in [0.05, 0.1) is 0 Å². The van der Waals surface area contributed by atoms with Gasteiger partial charge in [-0.05, 0) is 0 Å². The van der Waals surface area contributed by atoms with E-state index in [9.17, 15) is 34.2 Å². The molecule has 3 atom stereocenters. The number of aliphatic carboxylic acids is 2. The molecule has 1 fully saturated rings. The summed E-state index contributed by atoms with van der Waals surface area (Å²) in [7, 11) is 1.05. The highest BCUT2D eigenvalue weighted by Gasteiger charge is 2.54. The Morgan fingerprint density at radius 1 is 1.33 bits per heavy atom. The Bertz CT molecular complexity index is 1180. The molecule has 0 radical (unpaired) electrons. The quantitative estimate of drug-likeness (QED) is 0.0871. The van der Waals surface area contributed by atoms with Crippen molar-refractivity contribution in [3.63, 3.8) is 0 Å². The van der Waals surface area contributed by atoms with Crippen LogP contribution in [0.3, 0.4) is 0 Å². The van der Waals surface area contributed by atoms with Gasteiger partial charge in [0.1, 0.15) is 23.7 Å². The Kier molecular flexibility index (Phi) is 7.80. The van der Waals surface area contributed by atoms with E-state index in [1.54, 1.807) is 0 Å². The number of oxime groups is 1. The number of nitrogens with one attached hydrogen (secondary N) is 1. The molecule has 1 unspecified atom stereocenters. The molecule has 194 valence electrons. The van der Waals surface area contributed by atoms with Gasteiger partial charge in [-0.15, -0.1) is 11.8 Å². The molecule has 36 heavy (non-hydrogen) atoms. The number of methoxy groups -OCH3 is 1. The Labute approximate surface area is 210 Å². The number of amides is 2. The van der Waals surface area contributed by atoms with Gasteiger partial charge in [-0.25, -0.2) is 9.59 Å². The maximum atomic E-state index is 13.0. The minimum absolute atomic E-state index is 0.0245. The highest BCUT2D eigenvalue weighted by atomic mass is 32.2. The molecule has 1 aromatic heterocycles. The third kappa shape index (κ3) is 5.24. The molecule has 1 aromatic rings. The summed E-state index contributed by atoms with van der Waals surface area (Å²) in [5.41, 5.74) is 4.86. The van der Waals surface area contributed by atoms with Crippen molar-refractivity contribution in [2.24, 2.45) is 5.16 Å². The van der Waals surface area contributed by atoms with Gasteiger partial charge in [-0.1, -0.05) is 5.16 Å². The number of β-lactam (4-membered cyclic amide) rings is 1. The van der Waals surface area contributed by atoms with Crippen LogP contribution >= 0.6 is 23.3 Å². The standard InChI is InChI=1S/C18H20N6O10S2/c1-6(25)33-4-7-5-35-14-9(13(27)24(14)10(7)15(28)29)20-12(26)8(11-21-17(19)36-23-11)22-34-18(2,32-3)16(30)31/h9,14H,4-5H2,1-3H3,(H,20,26)(H,28,29)(H,30,31)(H2,19,21,23)/b22-8-/t9-,14-,18?/m1/s1. The summed E-state index contributed by atoms with van der Waals surface area (Å²) < 4.78 is 13.5. The Balaban J connectivity index is 1.83. The molecular weight excluding hydrogens is 524 g/mol. The molecule has 2 amide bonds. The number of thioether (sulfide) groups is 1. The molecule has 2 aliphatic heterocycles. The minimum Gasteiger partial charge on any atom is -0.477 e. The number of rotatable bonds is 10. The van der Waals surface area contributed by atoms with Crippen molar-refractivity contribution < 1.29 is 48.5 Å². The number of ether oxygens (including phenoxy) is 2. The van der Waals surface area contributed by atoms with Gasteiger partial charge >= 0.3 is 23.7 Å². The summed E-state index contributed by atoms with van der Waals surface area (Å²) in [6, 6.07) is -1.17. The van der Waals surface area contributed by atoms with Crippen molar-refractivity contribution in [1.82, 2.24) is 19.6 Å². The fourth-order valence-corrected chi connectivity index (χ4v) is 4.77. The van der Waals surface area contributed by atoms with E-state index in [2.05, 4.69) is 19.8 Å². The van der Waals surface area contributed by atoms with Gasteiger partial charge in [0.25, 0.3) is 11.8 Å². The number of nitrogen functional groups attached to an aromatic ring is 1. The smallest absolute Gasteiger partial charge is 0.379 e. The zero-order valence-corrected chi connectivity index (χ0v) is 20.5. The summed E-state index contributed by atoms with van der Waals surface area (Å²) in [5.74, 6) is -7.74. The van der Waals surface area contributed by atoms with Crippen molar-refractivity contribution in [3.05, 3.63) is 17.1 Å². The number of esters is 1. The largest absolute Gasteiger partial charge is 0.477 e. The highest BCUT2D eigenvalue weighted by Crippen LogP contribution is 2.40. The van der Waals surface area contributed by atoms with Gasteiger partial charge in [-0.3, -0.25) is 19.3 Å². The van der Waals surface area contributed by atoms with Gasteiger partial charge < -0.3 is 35.6 Å². The third-order valence-corrected chi connectivity index (χ3v) is 6.83. The lowest BCUT2D eigenvalue weighted by atomic mass is 10.0. The number of nitrogens with zero attached hydrogens (tertiary/aromatic N) is 4. The molecule has 3 heterocycles. The lowest BCUT2D eigenvalue weighted by molar-refractivity contribution is -0.227. The van der Waals surface area contributed by atoms with E-state index in [0.717, 1.165) is 42.2 Å². The SMILES string of the molecule is COC(C)(O/N=C(\C(=O)N[C@@H]1C(=O)N2C(C(=O)O)=C(COC(C)=O)CS[C@H]12)c1nsc(N)n1)C(=O)O. The lowest BCUT2D eigenvalue weighted by Gasteiger charge is -2.49. The van der Waals surface area contributed by atoms with Crippen LogP contribution in [0.15, 0.2) is 16.4 Å². The molecule has 0 aromatic carbocycles. The van der Waals surface area contributed by atoms with Crippen LogP contribution in [-0.4, -0.2) is 96.6 Å². The van der Waals surface area contributed by atoms with Gasteiger partial charge in [0, 0.05) is 43.8 Å². The molecule has 0 saturated carbocycles. The molecule has 0 spiro atoms. The number of carboxylic acid groups (broad SMARTS) is 2. The van der Waals surface area contributed by atoms with Gasteiger partial charge in [0.15, 0.2) is 5.13 Å². The number of anilines is 1.